The molecule has 5 aromatic heterocycles. The fourth-order valence-corrected chi connectivity index (χ4v) is 17.9. The molecule has 0 fully saturated rings. The lowest BCUT2D eigenvalue weighted by atomic mass is 9.85. The molecular weight excluding hydrogens is 1570 g/mol. The van der Waals surface area contributed by atoms with Crippen LogP contribution in [-0.2, 0) is 21.7 Å². The number of hydrogen-bond donors (Lipinski definition) is 0. The van der Waals surface area contributed by atoms with E-state index in [4.69, 9.17) is 29.9 Å². The molecule has 0 saturated heterocycles. The zero-order valence-electron chi connectivity index (χ0n) is 75.9. The van der Waals surface area contributed by atoms with Crippen LogP contribution >= 0.6 is 0 Å². The van der Waals surface area contributed by atoms with Crippen molar-refractivity contribution in [1.29, 1.82) is 0 Å². The van der Waals surface area contributed by atoms with Crippen LogP contribution in [0.5, 0.6) is 0 Å². The van der Waals surface area contributed by atoms with Crippen molar-refractivity contribution in [3.8, 4) is 201 Å². The fraction of sp³-hybridized carbons (Fsp3) is 0.129. The zero-order chi connectivity index (χ0) is 89.4. The number of pyridine rings is 4. The molecule has 0 atom stereocenters. The molecule has 5 heterocycles. The molecular formula is C124H104N6. The molecule has 0 radical (unpaired) electrons. The summed E-state index contributed by atoms with van der Waals surface area (Å²) in [5, 5.41) is 0. The van der Waals surface area contributed by atoms with E-state index in [2.05, 4.69) is 465 Å². The summed E-state index contributed by atoms with van der Waals surface area (Å²) in [7, 11) is 0. The highest BCUT2D eigenvalue weighted by Crippen LogP contribution is 2.48. The third-order valence-electron chi connectivity index (χ3n) is 25.4. The Morgan fingerprint density at radius 1 is 0.131 bits per heavy atom. The first kappa shape index (κ1) is 84.3. The van der Waals surface area contributed by atoms with E-state index in [1.807, 2.05) is 24.8 Å². The van der Waals surface area contributed by atoms with Gasteiger partial charge in [0, 0.05) is 58.2 Å². The van der Waals surface area contributed by atoms with E-state index in [1.54, 1.807) is 6.33 Å². The average Bonchev–Trinajstić information content (AvgIpc) is 0.768. The molecule has 0 spiro atoms. The van der Waals surface area contributed by atoms with E-state index in [0.717, 1.165) is 201 Å². The summed E-state index contributed by atoms with van der Waals surface area (Å²) in [6.07, 6.45) is 9.42. The molecule has 0 bridgehead atoms. The third-order valence-corrected chi connectivity index (χ3v) is 25.4. The maximum Gasteiger partial charge on any atom is 0.116 e. The van der Waals surface area contributed by atoms with Crippen LogP contribution in [0.4, 0.5) is 0 Å². The van der Waals surface area contributed by atoms with E-state index in [1.165, 1.54) is 22.3 Å². The summed E-state index contributed by atoms with van der Waals surface area (Å²) in [5.41, 5.74) is 43.9. The van der Waals surface area contributed by atoms with Crippen molar-refractivity contribution in [2.75, 3.05) is 0 Å². The summed E-state index contributed by atoms with van der Waals surface area (Å²) in [6.45, 7) is 27.0. The van der Waals surface area contributed by atoms with Gasteiger partial charge < -0.3 is 0 Å². The Balaban J connectivity index is 0.644. The van der Waals surface area contributed by atoms with Crippen LogP contribution in [0.15, 0.2) is 413 Å². The molecule has 0 aliphatic rings. The van der Waals surface area contributed by atoms with Crippen LogP contribution in [0.25, 0.3) is 201 Å². The van der Waals surface area contributed by atoms with Gasteiger partial charge in [0.25, 0.3) is 0 Å². The first-order valence-corrected chi connectivity index (χ1v) is 45.1. The Hall–Kier alpha value is -15.2. The molecule has 0 N–H and O–H groups in total. The minimum absolute atomic E-state index is 0.00117. The molecule has 0 unspecified atom stereocenters. The van der Waals surface area contributed by atoms with Gasteiger partial charge in [-0.05, 0) is 268 Å². The number of nitrogens with zero attached hydrogens (tertiary/aromatic N) is 6. The molecule has 0 amide bonds. The van der Waals surface area contributed by atoms with Gasteiger partial charge in [0.2, 0.25) is 0 Å². The third kappa shape index (κ3) is 17.9. The maximum absolute atomic E-state index is 4.94. The van der Waals surface area contributed by atoms with E-state index in [9.17, 15) is 0 Å². The second-order valence-corrected chi connectivity index (χ2v) is 38.3. The quantitative estimate of drug-likeness (QED) is 0.0852. The standard InChI is InChI=1S/C124H104N6/c1-121(2,3)99-61-65-125-115(75-99)87-49-37-81(38-50-87)103-25-13-19-31-109(103)93-69-94(110-32-20-14-26-104(110)82-39-51-88(52-40-82)116-76-100(62-66-126-116)122(4,5)6)72-97(71-93)113-35-23-17-29-107(113)85-45-57-91(58-46-85)119-79-120(130-80-129-119)92-59-47-86(48-60-92)108-30-18-24-36-114(108)98-73-95(111-33-21-15-27-105(111)83-41-53-89(54-42-83)117-77-101(63-67-127-117)123(7,8)9)70-96(74-98)112-34-22-16-28-106(112)84-43-55-90(56-44-84)118-78-102(64-68-128-118)124(10,11)12/h13-80H,1-12H3. The second kappa shape index (κ2) is 35.2. The summed E-state index contributed by atoms with van der Waals surface area (Å²) in [6, 6.07) is 140. The SMILES string of the molecule is CC(C)(C)c1ccnc(-c2ccc(-c3ccccc3-c3cc(-c4ccccc4-c4ccc(-c5cc(C(C)(C)C)ccn5)cc4)cc(-c4ccccc4-c4ccc(-c5cc(-c6ccc(-c7ccccc7-c7cc(-c8ccccc8-c8ccc(-c9cc(C(C)(C)C)ccn9)cc8)cc(-c8ccccc8-c8ccc(-c9cc(C(C)(C)C)ccn9)cc8)c7)cc6)ncn5)cc4)c3)cc2)c1. The summed E-state index contributed by atoms with van der Waals surface area (Å²) in [5.74, 6) is 0. The first-order valence-electron chi connectivity index (χ1n) is 45.1. The summed E-state index contributed by atoms with van der Waals surface area (Å²) in [4.78, 5) is 29.2. The molecule has 19 rings (SSSR count). The molecule has 130 heavy (non-hydrogen) atoms. The van der Waals surface area contributed by atoms with E-state index in [-0.39, 0.29) is 21.7 Å². The topological polar surface area (TPSA) is 77.3 Å². The molecule has 19 aromatic rings. The highest BCUT2D eigenvalue weighted by atomic mass is 14.8. The van der Waals surface area contributed by atoms with Crippen molar-refractivity contribution in [1.82, 2.24) is 29.9 Å². The van der Waals surface area contributed by atoms with Gasteiger partial charge in [0.05, 0.1) is 34.2 Å². The lowest BCUT2D eigenvalue weighted by molar-refractivity contribution is 0.589. The Kier molecular flexibility index (Phi) is 22.8. The molecule has 6 heteroatoms. The lowest BCUT2D eigenvalue weighted by Crippen LogP contribution is -2.11. The number of hydrogen-bond acceptors (Lipinski definition) is 6. The van der Waals surface area contributed by atoms with Gasteiger partial charge in [-0.1, -0.05) is 374 Å². The molecule has 6 nitrogen and oxygen atoms in total. The lowest BCUT2D eigenvalue weighted by Gasteiger charge is -2.19. The second-order valence-electron chi connectivity index (χ2n) is 38.3. The fourth-order valence-electron chi connectivity index (χ4n) is 17.9. The van der Waals surface area contributed by atoms with Gasteiger partial charge >= 0.3 is 0 Å². The number of rotatable bonds is 18. The van der Waals surface area contributed by atoms with E-state index in [0.29, 0.717) is 0 Å². The number of aromatic nitrogens is 6. The van der Waals surface area contributed by atoms with Gasteiger partial charge in [-0.15, -0.1) is 0 Å². The van der Waals surface area contributed by atoms with Crippen molar-refractivity contribution in [3.63, 3.8) is 0 Å². The van der Waals surface area contributed by atoms with Crippen molar-refractivity contribution in [2.45, 2.75) is 105 Å². The van der Waals surface area contributed by atoms with Crippen molar-refractivity contribution in [2.24, 2.45) is 0 Å². The Bertz CT molecular complexity index is 6610. The van der Waals surface area contributed by atoms with Crippen molar-refractivity contribution in [3.05, 3.63) is 436 Å². The van der Waals surface area contributed by atoms with Crippen LogP contribution in [0.1, 0.15) is 105 Å². The van der Waals surface area contributed by atoms with E-state index < -0.39 is 0 Å². The van der Waals surface area contributed by atoms with E-state index >= 15 is 0 Å². The van der Waals surface area contributed by atoms with Gasteiger partial charge in [-0.3, -0.25) is 19.9 Å². The summed E-state index contributed by atoms with van der Waals surface area (Å²) < 4.78 is 0. The average molecular weight is 1680 g/mol. The normalized spacial score (nSPS) is 11.8. The van der Waals surface area contributed by atoms with Crippen LogP contribution < -0.4 is 0 Å². The van der Waals surface area contributed by atoms with Gasteiger partial charge in [0.1, 0.15) is 6.33 Å². The minimum Gasteiger partial charge on any atom is -0.256 e. The predicted molar refractivity (Wildman–Crippen MR) is 546 cm³/mol. The highest BCUT2D eigenvalue weighted by molar-refractivity contribution is 5.98. The monoisotopic (exact) mass is 1680 g/mol. The smallest absolute Gasteiger partial charge is 0.116 e. The Labute approximate surface area is 766 Å². The highest BCUT2D eigenvalue weighted by Gasteiger charge is 2.25. The molecule has 14 aromatic carbocycles. The summed E-state index contributed by atoms with van der Waals surface area (Å²) >= 11 is 0. The largest absolute Gasteiger partial charge is 0.256 e. The maximum atomic E-state index is 4.94. The first-order chi connectivity index (χ1) is 62.9. The zero-order valence-corrected chi connectivity index (χ0v) is 75.9. The Morgan fingerprint density at radius 2 is 0.269 bits per heavy atom. The predicted octanol–water partition coefficient (Wildman–Crippen LogP) is 33.3. The van der Waals surface area contributed by atoms with Crippen LogP contribution in [0.2, 0.25) is 0 Å². The van der Waals surface area contributed by atoms with Crippen molar-refractivity contribution >= 4 is 0 Å². The van der Waals surface area contributed by atoms with Crippen LogP contribution in [0.3, 0.4) is 0 Å². The Morgan fingerprint density at radius 3 is 0.423 bits per heavy atom. The van der Waals surface area contributed by atoms with Gasteiger partial charge in [0.15, 0.2) is 0 Å². The van der Waals surface area contributed by atoms with Gasteiger partial charge in [-0.2, -0.15) is 0 Å². The number of benzene rings is 14. The van der Waals surface area contributed by atoms with Crippen LogP contribution in [-0.4, -0.2) is 29.9 Å². The molecule has 0 saturated carbocycles. The van der Waals surface area contributed by atoms with Crippen LogP contribution in [0, 0.1) is 0 Å². The molecule has 0 aliphatic heterocycles. The molecule has 630 valence electrons. The van der Waals surface area contributed by atoms with Crippen molar-refractivity contribution < 1.29 is 0 Å². The van der Waals surface area contributed by atoms with Gasteiger partial charge in [-0.25, -0.2) is 9.97 Å². The molecule has 0 aliphatic carbocycles. The minimum atomic E-state index is 0.00117.